The largest absolute Gasteiger partial charge is 0.493 e. The van der Waals surface area contributed by atoms with E-state index in [4.69, 9.17) is 9.47 Å². The maximum absolute atomic E-state index is 11.8. The molecule has 19 heavy (non-hydrogen) atoms. The number of carbonyl (C=O) groups excluding carboxylic acids is 1. The zero-order valence-electron chi connectivity index (χ0n) is 11.4. The van der Waals surface area contributed by atoms with Gasteiger partial charge in [-0.2, -0.15) is 0 Å². The Morgan fingerprint density at radius 1 is 1.16 bits per heavy atom. The molecule has 0 radical (unpaired) electrons. The maximum Gasteiger partial charge on any atom is 0.319 e. The van der Waals surface area contributed by atoms with Crippen LogP contribution in [0.25, 0.3) is 0 Å². The summed E-state index contributed by atoms with van der Waals surface area (Å²) in [6, 6.07) is 5.44. The number of benzene rings is 1. The fourth-order valence-corrected chi connectivity index (χ4v) is 2.34. The summed E-state index contributed by atoms with van der Waals surface area (Å²) in [5, 5.41) is 5.78. The van der Waals surface area contributed by atoms with Crippen LogP contribution >= 0.6 is 0 Å². The van der Waals surface area contributed by atoms with Crippen LogP contribution in [0.3, 0.4) is 0 Å². The van der Waals surface area contributed by atoms with Gasteiger partial charge in [-0.15, -0.1) is 0 Å². The summed E-state index contributed by atoms with van der Waals surface area (Å²) in [7, 11) is 3.15. The van der Waals surface area contributed by atoms with Crippen molar-refractivity contribution in [3.8, 4) is 11.5 Å². The molecule has 1 aromatic rings. The molecule has 0 atom stereocenters. The topological polar surface area (TPSA) is 59.6 Å². The number of nitrogens with one attached hydrogen (secondary N) is 2. The maximum atomic E-state index is 11.8. The molecule has 0 saturated heterocycles. The van der Waals surface area contributed by atoms with E-state index in [0.717, 1.165) is 12.8 Å². The van der Waals surface area contributed by atoms with Crippen LogP contribution in [0.1, 0.15) is 25.7 Å². The smallest absolute Gasteiger partial charge is 0.319 e. The first-order chi connectivity index (χ1) is 9.22. The van der Waals surface area contributed by atoms with Gasteiger partial charge in [0.2, 0.25) is 0 Å². The van der Waals surface area contributed by atoms with Gasteiger partial charge in [-0.05, 0) is 25.0 Å². The zero-order valence-corrected chi connectivity index (χ0v) is 11.4. The Morgan fingerprint density at radius 2 is 1.84 bits per heavy atom. The van der Waals surface area contributed by atoms with Gasteiger partial charge in [0.25, 0.3) is 0 Å². The van der Waals surface area contributed by atoms with Gasteiger partial charge in [-0.3, -0.25) is 0 Å². The molecular formula is C14H20N2O3. The highest BCUT2D eigenvalue weighted by molar-refractivity contribution is 5.89. The van der Waals surface area contributed by atoms with E-state index in [1.54, 1.807) is 32.4 Å². The lowest BCUT2D eigenvalue weighted by Crippen LogP contribution is -2.36. The van der Waals surface area contributed by atoms with Crippen LogP contribution in [0, 0.1) is 0 Å². The van der Waals surface area contributed by atoms with Crippen molar-refractivity contribution in [3.63, 3.8) is 0 Å². The number of anilines is 1. The van der Waals surface area contributed by atoms with Gasteiger partial charge < -0.3 is 20.1 Å². The molecule has 5 heteroatoms. The molecule has 5 nitrogen and oxygen atoms in total. The monoisotopic (exact) mass is 264 g/mol. The molecule has 0 spiro atoms. The third-order valence-electron chi connectivity index (χ3n) is 3.33. The molecule has 0 aromatic heterocycles. The summed E-state index contributed by atoms with van der Waals surface area (Å²) in [5.41, 5.74) is 0.688. The van der Waals surface area contributed by atoms with Crippen LogP contribution in [0.15, 0.2) is 18.2 Å². The molecule has 1 aliphatic carbocycles. The van der Waals surface area contributed by atoms with Crippen molar-refractivity contribution in [1.29, 1.82) is 0 Å². The van der Waals surface area contributed by atoms with Crippen LogP contribution in [0.5, 0.6) is 11.5 Å². The molecule has 2 rings (SSSR count). The normalized spacial score (nSPS) is 15.1. The van der Waals surface area contributed by atoms with Crippen molar-refractivity contribution in [2.45, 2.75) is 31.7 Å². The SMILES string of the molecule is COc1ccc(NC(=O)NC2CCCC2)cc1OC. The highest BCUT2D eigenvalue weighted by Gasteiger charge is 2.17. The van der Waals surface area contributed by atoms with Gasteiger partial charge in [0.15, 0.2) is 11.5 Å². The van der Waals surface area contributed by atoms with Crippen molar-refractivity contribution in [2.75, 3.05) is 19.5 Å². The first-order valence-electron chi connectivity index (χ1n) is 6.52. The summed E-state index contributed by atoms with van der Waals surface area (Å²) in [6.07, 6.45) is 4.53. The van der Waals surface area contributed by atoms with Gasteiger partial charge in [-0.1, -0.05) is 12.8 Å². The minimum atomic E-state index is -0.167. The average molecular weight is 264 g/mol. The second-order valence-electron chi connectivity index (χ2n) is 4.65. The molecule has 1 aliphatic rings. The van der Waals surface area contributed by atoms with E-state index < -0.39 is 0 Å². The Labute approximate surface area is 113 Å². The van der Waals surface area contributed by atoms with Crippen molar-refractivity contribution in [3.05, 3.63) is 18.2 Å². The van der Waals surface area contributed by atoms with Crippen molar-refractivity contribution < 1.29 is 14.3 Å². The van der Waals surface area contributed by atoms with Crippen LogP contribution in [-0.2, 0) is 0 Å². The minimum absolute atomic E-state index is 0.167. The Hall–Kier alpha value is -1.91. The van der Waals surface area contributed by atoms with Crippen LogP contribution in [0.4, 0.5) is 10.5 Å². The molecule has 1 fully saturated rings. The molecule has 2 N–H and O–H groups in total. The number of carbonyl (C=O) groups is 1. The molecule has 1 saturated carbocycles. The summed E-state index contributed by atoms with van der Waals surface area (Å²) >= 11 is 0. The van der Waals surface area contributed by atoms with Gasteiger partial charge in [0, 0.05) is 17.8 Å². The molecule has 0 heterocycles. The second-order valence-corrected chi connectivity index (χ2v) is 4.65. The lowest BCUT2D eigenvalue weighted by atomic mass is 10.2. The van der Waals surface area contributed by atoms with E-state index in [1.165, 1.54) is 12.8 Å². The van der Waals surface area contributed by atoms with Gasteiger partial charge in [-0.25, -0.2) is 4.79 Å². The molecule has 0 bridgehead atoms. The average Bonchev–Trinajstić information content (AvgIpc) is 2.91. The first-order valence-corrected chi connectivity index (χ1v) is 6.52. The number of amides is 2. The van der Waals surface area contributed by atoms with Gasteiger partial charge in [0.05, 0.1) is 14.2 Å². The van der Waals surface area contributed by atoms with Crippen molar-refractivity contribution in [2.24, 2.45) is 0 Å². The first kappa shape index (κ1) is 13.5. The van der Waals surface area contributed by atoms with Gasteiger partial charge in [0.1, 0.15) is 0 Å². The fraction of sp³-hybridized carbons (Fsp3) is 0.500. The van der Waals surface area contributed by atoms with Gasteiger partial charge >= 0.3 is 6.03 Å². The second kappa shape index (κ2) is 6.31. The quantitative estimate of drug-likeness (QED) is 0.879. The molecule has 0 aliphatic heterocycles. The predicted molar refractivity (Wildman–Crippen MR) is 74.0 cm³/mol. The molecule has 104 valence electrons. The molecule has 2 amide bonds. The number of hydrogen-bond acceptors (Lipinski definition) is 3. The Balaban J connectivity index is 1.96. The highest BCUT2D eigenvalue weighted by Crippen LogP contribution is 2.29. The Kier molecular flexibility index (Phi) is 4.49. The van der Waals surface area contributed by atoms with Crippen molar-refractivity contribution >= 4 is 11.7 Å². The summed E-state index contributed by atoms with van der Waals surface area (Å²) in [4.78, 5) is 11.8. The summed E-state index contributed by atoms with van der Waals surface area (Å²) in [6.45, 7) is 0. The lowest BCUT2D eigenvalue weighted by molar-refractivity contribution is 0.248. The standard InChI is InChI=1S/C14H20N2O3/c1-18-12-8-7-11(9-13(12)19-2)16-14(17)15-10-5-3-4-6-10/h7-10H,3-6H2,1-2H3,(H2,15,16,17). The van der Waals surface area contributed by atoms with E-state index in [0.29, 0.717) is 23.2 Å². The minimum Gasteiger partial charge on any atom is -0.493 e. The summed E-state index contributed by atoms with van der Waals surface area (Å²) in [5.74, 6) is 1.24. The van der Waals surface area contributed by atoms with E-state index in [2.05, 4.69) is 10.6 Å². The van der Waals surface area contributed by atoms with Crippen LogP contribution in [-0.4, -0.2) is 26.3 Å². The summed E-state index contributed by atoms with van der Waals surface area (Å²) < 4.78 is 10.3. The van der Waals surface area contributed by atoms with E-state index in [-0.39, 0.29) is 6.03 Å². The number of rotatable bonds is 4. The lowest BCUT2D eigenvalue weighted by Gasteiger charge is -2.14. The Morgan fingerprint density at radius 3 is 2.47 bits per heavy atom. The molecule has 1 aromatic carbocycles. The van der Waals surface area contributed by atoms with E-state index in [9.17, 15) is 4.79 Å². The third kappa shape index (κ3) is 3.53. The number of ether oxygens (including phenoxy) is 2. The predicted octanol–water partition coefficient (Wildman–Crippen LogP) is 2.77. The van der Waals surface area contributed by atoms with Crippen LogP contribution in [0.2, 0.25) is 0 Å². The number of methoxy groups -OCH3 is 2. The number of urea groups is 1. The van der Waals surface area contributed by atoms with E-state index >= 15 is 0 Å². The molecular weight excluding hydrogens is 244 g/mol. The third-order valence-corrected chi connectivity index (χ3v) is 3.33. The number of hydrogen-bond donors (Lipinski definition) is 2. The van der Waals surface area contributed by atoms with Crippen LogP contribution < -0.4 is 20.1 Å². The van der Waals surface area contributed by atoms with Crippen molar-refractivity contribution in [1.82, 2.24) is 5.32 Å². The Bertz CT molecular complexity index is 442. The fourth-order valence-electron chi connectivity index (χ4n) is 2.34. The zero-order chi connectivity index (χ0) is 13.7. The molecule has 0 unspecified atom stereocenters. The van der Waals surface area contributed by atoms with E-state index in [1.807, 2.05) is 0 Å². The highest BCUT2D eigenvalue weighted by atomic mass is 16.5.